The molecule has 0 aliphatic rings. The summed E-state index contributed by atoms with van der Waals surface area (Å²) in [4.78, 5) is 0. The highest BCUT2D eigenvalue weighted by Gasteiger charge is 2.17. The molecule has 1 rings (SSSR count). The van der Waals surface area contributed by atoms with Gasteiger partial charge >= 0.3 is 0 Å². The zero-order chi connectivity index (χ0) is 12.9. The number of thioether (sulfide) groups is 1. The molecule has 0 fully saturated rings. The molecule has 0 aliphatic heterocycles. The van der Waals surface area contributed by atoms with Gasteiger partial charge in [-0.25, -0.2) is 13.1 Å². The van der Waals surface area contributed by atoms with E-state index in [0.29, 0.717) is 10.8 Å². The van der Waals surface area contributed by atoms with Crippen LogP contribution in [0.5, 0.6) is 0 Å². The molecule has 0 radical (unpaired) electrons. The van der Waals surface area contributed by atoms with Crippen molar-refractivity contribution in [3.63, 3.8) is 0 Å². The van der Waals surface area contributed by atoms with E-state index in [4.69, 9.17) is 0 Å². The second-order valence-electron chi connectivity index (χ2n) is 3.62. The molecule has 0 amide bonds. The van der Waals surface area contributed by atoms with E-state index >= 15 is 0 Å². The van der Waals surface area contributed by atoms with Crippen molar-refractivity contribution in [2.45, 2.75) is 24.0 Å². The van der Waals surface area contributed by atoms with Crippen molar-refractivity contribution in [2.75, 3.05) is 18.6 Å². The number of hydrogen-bond acceptors (Lipinski definition) is 4. The highest BCUT2D eigenvalue weighted by Crippen LogP contribution is 2.30. The smallest absolute Gasteiger partial charge is 0.210 e. The molecular weight excluding hydrogens is 342 g/mol. The van der Waals surface area contributed by atoms with E-state index in [-0.39, 0.29) is 0 Å². The van der Waals surface area contributed by atoms with Crippen LogP contribution in [0.3, 0.4) is 0 Å². The molecule has 0 atom stereocenters. The molecule has 1 heterocycles. The average Bonchev–Trinajstić information content (AvgIpc) is 2.60. The third kappa shape index (κ3) is 4.90. The van der Waals surface area contributed by atoms with Crippen LogP contribution in [-0.2, 0) is 10.0 Å². The number of unbranched alkanes of at least 4 members (excludes halogenated alkanes) is 1. The van der Waals surface area contributed by atoms with Crippen LogP contribution in [0, 0.1) is 6.92 Å². The van der Waals surface area contributed by atoms with Crippen molar-refractivity contribution < 1.29 is 8.42 Å². The predicted molar refractivity (Wildman–Crippen MR) is 79.6 cm³/mol. The molecule has 1 aromatic rings. The Kier molecular flexibility index (Phi) is 6.50. The molecular formula is C10H16BrNO2S3. The van der Waals surface area contributed by atoms with Crippen molar-refractivity contribution in [1.82, 2.24) is 4.72 Å². The first-order chi connectivity index (χ1) is 7.97. The number of hydrogen-bond donors (Lipinski definition) is 1. The van der Waals surface area contributed by atoms with Gasteiger partial charge in [-0.3, -0.25) is 0 Å². The van der Waals surface area contributed by atoms with E-state index in [2.05, 4.69) is 26.9 Å². The summed E-state index contributed by atoms with van der Waals surface area (Å²) in [6.45, 7) is 2.40. The summed E-state index contributed by atoms with van der Waals surface area (Å²) in [7, 11) is -3.32. The van der Waals surface area contributed by atoms with Crippen LogP contribution in [0.25, 0.3) is 0 Å². The molecule has 0 aromatic carbocycles. The Bertz CT molecular complexity index is 437. The van der Waals surface area contributed by atoms with Crippen LogP contribution in [0.1, 0.15) is 18.4 Å². The number of aryl methyl sites for hydroxylation is 1. The summed E-state index contributed by atoms with van der Waals surface area (Å²) < 4.78 is 27.7. The van der Waals surface area contributed by atoms with Gasteiger partial charge in [0.15, 0.2) is 0 Å². The lowest BCUT2D eigenvalue weighted by Crippen LogP contribution is -2.24. The fourth-order valence-electron chi connectivity index (χ4n) is 1.21. The second kappa shape index (κ2) is 7.13. The van der Waals surface area contributed by atoms with Crippen LogP contribution >= 0.6 is 39.0 Å². The third-order valence-electron chi connectivity index (χ3n) is 2.17. The topological polar surface area (TPSA) is 46.2 Å². The largest absolute Gasteiger partial charge is 0.250 e. The molecule has 1 aromatic heterocycles. The van der Waals surface area contributed by atoms with Gasteiger partial charge in [-0.2, -0.15) is 11.8 Å². The summed E-state index contributed by atoms with van der Waals surface area (Å²) in [5.41, 5.74) is 0.956. The van der Waals surface area contributed by atoms with Crippen LogP contribution in [0.4, 0.5) is 0 Å². The van der Waals surface area contributed by atoms with E-state index in [0.717, 1.165) is 27.9 Å². The van der Waals surface area contributed by atoms with Crippen molar-refractivity contribution >= 4 is 49.1 Å². The van der Waals surface area contributed by atoms with Gasteiger partial charge in [-0.15, -0.1) is 11.3 Å². The van der Waals surface area contributed by atoms with E-state index < -0.39 is 10.0 Å². The Morgan fingerprint density at radius 1 is 1.47 bits per heavy atom. The van der Waals surface area contributed by atoms with Crippen LogP contribution < -0.4 is 4.72 Å². The first-order valence-corrected chi connectivity index (χ1v) is 9.70. The Morgan fingerprint density at radius 2 is 2.18 bits per heavy atom. The molecule has 0 unspecified atom stereocenters. The van der Waals surface area contributed by atoms with Gasteiger partial charge in [-0.1, -0.05) is 0 Å². The second-order valence-corrected chi connectivity index (χ2v) is 8.97. The Morgan fingerprint density at radius 3 is 2.71 bits per heavy atom. The number of nitrogens with one attached hydrogen (secondary N) is 1. The number of thiophene rings is 1. The monoisotopic (exact) mass is 357 g/mol. The Hall–Kier alpha value is 0.440. The lowest BCUT2D eigenvalue weighted by atomic mass is 10.3. The fraction of sp³-hybridized carbons (Fsp3) is 0.600. The first-order valence-electron chi connectivity index (χ1n) is 5.22. The fourth-order valence-corrected chi connectivity index (χ4v) is 5.05. The molecule has 0 saturated heterocycles. The Balaban J connectivity index is 2.51. The molecule has 0 bridgehead atoms. The molecule has 0 saturated carbocycles. The maximum absolute atomic E-state index is 11.9. The zero-order valence-corrected chi connectivity index (χ0v) is 13.9. The number of rotatable bonds is 7. The van der Waals surface area contributed by atoms with E-state index in [1.807, 2.05) is 6.92 Å². The van der Waals surface area contributed by atoms with Gasteiger partial charge in [-0.05, 0) is 59.3 Å². The maximum Gasteiger partial charge on any atom is 0.250 e. The van der Waals surface area contributed by atoms with Gasteiger partial charge in [0.25, 0.3) is 0 Å². The van der Waals surface area contributed by atoms with E-state index in [9.17, 15) is 8.42 Å². The van der Waals surface area contributed by atoms with Gasteiger partial charge in [0.1, 0.15) is 4.21 Å². The first kappa shape index (κ1) is 15.5. The van der Waals surface area contributed by atoms with Gasteiger partial charge in [0.05, 0.1) is 3.79 Å². The maximum atomic E-state index is 11.9. The van der Waals surface area contributed by atoms with Crippen molar-refractivity contribution in [1.29, 1.82) is 0 Å². The summed E-state index contributed by atoms with van der Waals surface area (Å²) in [6, 6.07) is 1.69. The zero-order valence-electron chi connectivity index (χ0n) is 9.82. The van der Waals surface area contributed by atoms with Gasteiger partial charge < -0.3 is 0 Å². The SMILES string of the molecule is CSCCCCNS(=O)(=O)c1cc(C)c(Br)s1. The van der Waals surface area contributed by atoms with Crippen molar-refractivity contribution in [2.24, 2.45) is 0 Å². The molecule has 3 nitrogen and oxygen atoms in total. The molecule has 17 heavy (non-hydrogen) atoms. The van der Waals surface area contributed by atoms with E-state index in [1.165, 1.54) is 11.3 Å². The molecule has 0 aliphatic carbocycles. The third-order valence-corrected chi connectivity index (χ3v) is 6.93. The standard InChI is InChI=1S/C10H16BrNO2S3/c1-8-7-9(16-10(8)11)17(13,14)12-5-3-4-6-15-2/h7,12H,3-6H2,1-2H3. The summed E-state index contributed by atoms with van der Waals surface area (Å²) in [5.74, 6) is 1.07. The lowest BCUT2D eigenvalue weighted by molar-refractivity contribution is 0.580. The van der Waals surface area contributed by atoms with Gasteiger partial charge in [0, 0.05) is 6.54 Å². The minimum atomic E-state index is -3.32. The molecule has 1 N–H and O–H groups in total. The normalized spacial score (nSPS) is 11.9. The van der Waals surface area contributed by atoms with Crippen LogP contribution in [0.15, 0.2) is 14.1 Å². The highest BCUT2D eigenvalue weighted by atomic mass is 79.9. The predicted octanol–water partition coefficient (Wildman–Crippen LogP) is 3.24. The summed E-state index contributed by atoms with van der Waals surface area (Å²) >= 11 is 6.37. The highest BCUT2D eigenvalue weighted by molar-refractivity contribution is 9.11. The van der Waals surface area contributed by atoms with Crippen LogP contribution in [0.2, 0.25) is 0 Å². The van der Waals surface area contributed by atoms with Crippen LogP contribution in [-0.4, -0.2) is 27.0 Å². The lowest BCUT2D eigenvalue weighted by Gasteiger charge is -2.03. The Labute approximate surface area is 120 Å². The minimum Gasteiger partial charge on any atom is -0.210 e. The molecule has 7 heteroatoms. The summed E-state index contributed by atoms with van der Waals surface area (Å²) in [5, 5.41) is 0. The minimum absolute atomic E-state index is 0.381. The van der Waals surface area contributed by atoms with Crippen molar-refractivity contribution in [3.05, 3.63) is 15.4 Å². The number of sulfonamides is 1. The summed E-state index contributed by atoms with van der Waals surface area (Å²) in [6.07, 6.45) is 3.97. The number of halogens is 1. The quantitative estimate of drug-likeness (QED) is 0.761. The van der Waals surface area contributed by atoms with Crippen molar-refractivity contribution in [3.8, 4) is 0 Å². The van der Waals surface area contributed by atoms with Gasteiger partial charge in [0.2, 0.25) is 10.0 Å². The molecule has 98 valence electrons. The molecule has 0 spiro atoms. The van der Waals surface area contributed by atoms with E-state index in [1.54, 1.807) is 17.8 Å². The average molecular weight is 358 g/mol.